The Morgan fingerprint density at radius 2 is 1.60 bits per heavy atom. The van der Waals surface area contributed by atoms with E-state index in [-0.39, 0.29) is 5.54 Å². The highest BCUT2D eigenvalue weighted by Crippen LogP contribution is 2.15. The first-order valence-corrected chi connectivity index (χ1v) is 6.13. The van der Waals surface area contributed by atoms with Crippen LogP contribution in [0.4, 0.5) is 0 Å². The highest BCUT2D eigenvalue weighted by atomic mass is 14.9. The molecule has 0 bridgehead atoms. The van der Waals surface area contributed by atoms with Gasteiger partial charge in [-0.2, -0.15) is 0 Å². The first kappa shape index (κ1) is 14.3. The molecule has 0 atom stereocenters. The number of nitrogens with one attached hydrogen (secondary N) is 1. The molecule has 0 aliphatic carbocycles. The highest BCUT2D eigenvalue weighted by molar-refractivity contribution is 6.41. The molecule has 0 unspecified atom stereocenters. The average molecular weight is 210 g/mol. The molecule has 0 aromatic rings. The lowest BCUT2D eigenvalue weighted by atomic mass is 10.00. The summed E-state index contributed by atoms with van der Waals surface area (Å²) < 4.78 is 0. The summed E-state index contributed by atoms with van der Waals surface area (Å²) in [5.41, 5.74) is 1.75. The Morgan fingerprint density at radius 3 is 2.00 bits per heavy atom. The number of aliphatic imine (C=N–C) groups is 1. The minimum Gasteiger partial charge on any atom is -0.303 e. The van der Waals surface area contributed by atoms with E-state index < -0.39 is 0 Å². The minimum atomic E-state index is -0.00938. The van der Waals surface area contributed by atoms with Crippen LogP contribution >= 0.6 is 0 Å². The number of hydrogen-bond acceptors (Lipinski definition) is 2. The summed E-state index contributed by atoms with van der Waals surface area (Å²) >= 11 is 0. The average Bonchev–Trinajstić information content (AvgIpc) is 2.17. The molecule has 1 N–H and O–H groups in total. The second kappa shape index (κ2) is 6.76. The number of nitrogens with zero attached hydrogens (tertiary/aromatic N) is 1. The lowest BCUT2D eigenvalue weighted by Crippen LogP contribution is -2.22. The Balaban J connectivity index is 4.71. The van der Waals surface area contributed by atoms with Crippen molar-refractivity contribution in [3.05, 3.63) is 0 Å². The van der Waals surface area contributed by atoms with E-state index in [2.05, 4.69) is 34.6 Å². The van der Waals surface area contributed by atoms with E-state index in [1.165, 1.54) is 0 Å². The van der Waals surface area contributed by atoms with Crippen LogP contribution in [0.3, 0.4) is 0 Å². The van der Waals surface area contributed by atoms with Crippen LogP contribution in [0.2, 0.25) is 0 Å². The quantitative estimate of drug-likeness (QED) is 0.610. The van der Waals surface area contributed by atoms with Crippen LogP contribution in [0.5, 0.6) is 0 Å². The van der Waals surface area contributed by atoms with Crippen LogP contribution < -0.4 is 0 Å². The number of hydrogen-bond donors (Lipinski definition) is 1. The van der Waals surface area contributed by atoms with Crippen molar-refractivity contribution < 1.29 is 0 Å². The highest BCUT2D eigenvalue weighted by Gasteiger charge is 2.15. The van der Waals surface area contributed by atoms with Gasteiger partial charge >= 0.3 is 0 Å². The first-order chi connectivity index (χ1) is 6.96. The van der Waals surface area contributed by atoms with Gasteiger partial charge in [0.05, 0.1) is 17.0 Å². The lowest BCUT2D eigenvalue weighted by molar-refractivity contribution is 0.504. The summed E-state index contributed by atoms with van der Waals surface area (Å²) in [4.78, 5) is 4.73. The van der Waals surface area contributed by atoms with Crippen LogP contribution in [0.25, 0.3) is 0 Å². The molecule has 0 heterocycles. The topological polar surface area (TPSA) is 36.2 Å². The molecule has 0 saturated carbocycles. The molecule has 0 saturated heterocycles. The maximum atomic E-state index is 7.97. The smallest absolute Gasteiger partial charge is 0.0562 e. The van der Waals surface area contributed by atoms with Gasteiger partial charge in [-0.05, 0) is 33.1 Å². The summed E-state index contributed by atoms with van der Waals surface area (Å²) in [6.45, 7) is 10.7. The number of rotatable bonds is 7. The van der Waals surface area contributed by atoms with E-state index in [4.69, 9.17) is 10.4 Å². The van der Waals surface area contributed by atoms with E-state index >= 15 is 0 Å². The van der Waals surface area contributed by atoms with Gasteiger partial charge in [0, 0.05) is 0 Å². The van der Waals surface area contributed by atoms with Gasteiger partial charge in [-0.15, -0.1) is 0 Å². The molecule has 2 heteroatoms. The van der Waals surface area contributed by atoms with Crippen LogP contribution in [0, 0.1) is 5.41 Å². The Hall–Kier alpha value is -0.660. The molecule has 0 amide bonds. The predicted octanol–water partition coefficient (Wildman–Crippen LogP) is 4.24. The summed E-state index contributed by atoms with van der Waals surface area (Å²) in [6, 6.07) is 0. The van der Waals surface area contributed by atoms with Crippen molar-refractivity contribution in [2.24, 2.45) is 4.99 Å². The Labute approximate surface area is 94.7 Å². The zero-order chi connectivity index (χ0) is 11.9. The van der Waals surface area contributed by atoms with Gasteiger partial charge in [0.1, 0.15) is 0 Å². The molecule has 0 radical (unpaired) electrons. The molecule has 0 aliphatic rings. The maximum Gasteiger partial charge on any atom is 0.0562 e. The molecule has 0 aromatic carbocycles. The van der Waals surface area contributed by atoms with Crippen molar-refractivity contribution in [2.45, 2.75) is 72.3 Å². The SMILES string of the molecule is CCCC(=N)/C(CCC)=N/C(C)(C)CC. The second-order valence-electron chi connectivity index (χ2n) is 4.70. The van der Waals surface area contributed by atoms with Crippen molar-refractivity contribution in [1.82, 2.24) is 0 Å². The maximum absolute atomic E-state index is 7.97. The van der Waals surface area contributed by atoms with Crippen molar-refractivity contribution in [3.63, 3.8) is 0 Å². The van der Waals surface area contributed by atoms with Gasteiger partial charge in [-0.3, -0.25) is 4.99 Å². The van der Waals surface area contributed by atoms with Crippen molar-refractivity contribution >= 4 is 11.4 Å². The van der Waals surface area contributed by atoms with Crippen LogP contribution in [0.1, 0.15) is 66.7 Å². The Kier molecular flexibility index (Phi) is 6.46. The van der Waals surface area contributed by atoms with Gasteiger partial charge in [0.2, 0.25) is 0 Å². The minimum absolute atomic E-state index is 0.00938. The lowest BCUT2D eigenvalue weighted by Gasteiger charge is -2.20. The van der Waals surface area contributed by atoms with Gasteiger partial charge in [0.15, 0.2) is 0 Å². The summed E-state index contributed by atoms with van der Waals surface area (Å²) in [5.74, 6) is 0. The van der Waals surface area contributed by atoms with E-state index in [0.717, 1.165) is 43.5 Å². The summed E-state index contributed by atoms with van der Waals surface area (Å²) in [5, 5.41) is 7.97. The van der Waals surface area contributed by atoms with Crippen LogP contribution in [0.15, 0.2) is 4.99 Å². The monoisotopic (exact) mass is 210 g/mol. The van der Waals surface area contributed by atoms with Gasteiger partial charge in [-0.1, -0.05) is 33.6 Å². The molecule has 15 heavy (non-hydrogen) atoms. The molecule has 2 nitrogen and oxygen atoms in total. The Morgan fingerprint density at radius 1 is 1.07 bits per heavy atom. The fourth-order valence-corrected chi connectivity index (χ4v) is 1.35. The standard InChI is InChI=1S/C13H26N2/c1-6-9-11(14)12(10-7-2)15-13(4,5)8-3/h14H,6-10H2,1-5H3/b14-11?,15-12+. The third-order valence-electron chi connectivity index (χ3n) is 2.64. The van der Waals surface area contributed by atoms with Gasteiger partial charge in [0.25, 0.3) is 0 Å². The van der Waals surface area contributed by atoms with E-state index in [0.29, 0.717) is 0 Å². The van der Waals surface area contributed by atoms with Gasteiger partial charge in [-0.25, -0.2) is 0 Å². The van der Waals surface area contributed by atoms with Crippen molar-refractivity contribution in [3.8, 4) is 0 Å². The van der Waals surface area contributed by atoms with E-state index in [1.807, 2.05) is 0 Å². The van der Waals surface area contributed by atoms with Crippen molar-refractivity contribution in [2.75, 3.05) is 0 Å². The molecule has 0 aliphatic heterocycles. The zero-order valence-electron chi connectivity index (χ0n) is 11.0. The molecule has 0 spiro atoms. The third-order valence-corrected chi connectivity index (χ3v) is 2.64. The third kappa shape index (κ3) is 5.71. The zero-order valence-corrected chi connectivity index (χ0v) is 11.0. The molecular weight excluding hydrogens is 184 g/mol. The van der Waals surface area contributed by atoms with Gasteiger partial charge < -0.3 is 5.41 Å². The summed E-state index contributed by atoms with van der Waals surface area (Å²) in [7, 11) is 0. The van der Waals surface area contributed by atoms with E-state index in [9.17, 15) is 0 Å². The molecule has 0 rings (SSSR count). The Bertz CT molecular complexity index is 227. The van der Waals surface area contributed by atoms with E-state index in [1.54, 1.807) is 0 Å². The molecule has 88 valence electrons. The molecule has 0 aromatic heterocycles. The largest absolute Gasteiger partial charge is 0.303 e. The fraction of sp³-hybridized carbons (Fsp3) is 0.846. The normalized spacial score (nSPS) is 13.0. The van der Waals surface area contributed by atoms with Crippen molar-refractivity contribution in [1.29, 1.82) is 5.41 Å². The summed E-state index contributed by atoms with van der Waals surface area (Å²) in [6.07, 6.45) is 4.94. The molecule has 0 fully saturated rings. The first-order valence-electron chi connectivity index (χ1n) is 6.13. The van der Waals surface area contributed by atoms with Crippen LogP contribution in [-0.4, -0.2) is 17.0 Å². The molecular formula is C13H26N2. The fourth-order valence-electron chi connectivity index (χ4n) is 1.35. The van der Waals surface area contributed by atoms with Crippen LogP contribution in [-0.2, 0) is 0 Å². The second-order valence-corrected chi connectivity index (χ2v) is 4.70. The predicted molar refractivity (Wildman–Crippen MR) is 69.3 cm³/mol.